The summed E-state index contributed by atoms with van der Waals surface area (Å²) in [6.45, 7) is 3.15. The summed E-state index contributed by atoms with van der Waals surface area (Å²) in [5.41, 5.74) is 0.961. The van der Waals surface area contributed by atoms with Gasteiger partial charge >= 0.3 is 11.9 Å². The zero-order valence-corrected chi connectivity index (χ0v) is 16.7. The number of unbranched alkanes of at least 4 members (excludes halogenated alkanes) is 5. The smallest absolute Gasteiger partial charge is 0.338 e. The molecule has 27 heavy (non-hydrogen) atoms. The fourth-order valence-electron chi connectivity index (χ4n) is 3.50. The monoisotopic (exact) mass is 374 g/mol. The molecule has 0 unspecified atom stereocenters. The first-order valence-corrected chi connectivity index (χ1v) is 10.6. The maximum Gasteiger partial charge on any atom is 0.338 e. The van der Waals surface area contributed by atoms with Crippen LogP contribution in [0.1, 0.15) is 98.3 Å². The first-order valence-electron chi connectivity index (χ1n) is 10.6. The Kier molecular flexibility index (Phi) is 9.96. The Morgan fingerprint density at radius 2 is 1.37 bits per heavy atom. The molecule has 0 N–H and O–H groups in total. The van der Waals surface area contributed by atoms with E-state index in [-0.39, 0.29) is 11.9 Å². The predicted molar refractivity (Wildman–Crippen MR) is 107 cm³/mol. The average molecular weight is 375 g/mol. The Hall–Kier alpha value is -1.84. The van der Waals surface area contributed by atoms with Crippen LogP contribution in [0.25, 0.3) is 0 Å². The van der Waals surface area contributed by atoms with E-state index in [0.29, 0.717) is 30.3 Å². The number of hydrogen-bond donors (Lipinski definition) is 0. The van der Waals surface area contributed by atoms with Crippen molar-refractivity contribution in [3.05, 3.63) is 35.4 Å². The van der Waals surface area contributed by atoms with Crippen LogP contribution in [0.5, 0.6) is 0 Å². The molecule has 1 aromatic carbocycles. The van der Waals surface area contributed by atoms with Crippen molar-refractivity contribution in [2.24, 2.45) is 5.92 Å². The third-order valence-corrected chi connectivity index (χ3v) is 5.26. The van der Waals surface area contributed by atoms with Crippen LogP contribution < -0.4 is 0 Å². The first-order chi connectivity index (χ1) is 13.2. The lowest BCUT2D eigenvalue weighted by molar-refractivity contribution is 0.0408. The van der Waals surface area contributed by atoms with Crippen molar-refractivity contribution in [2.75, 3.05) is 13.2 Å². The molecule has 150 valence electrons. The first kappa shape index (κ1) is 21.5. The van der Waals surface area contributed by atoms with Gasteiger partial charge < -0.3 is 9.47 Å². The number of carbonyl (C=O) groups excluding carboxylic acids is 2. The molecular weight excluding hydrogens is 340 g/mol. The van der Waals surface area contributed by atoms with Gasteiger partial charge in [0.25, 0.3) is 0 Å². The maximum absolute atomic E-state index is 12.1. The van der Waals surface area contributed by atoms with Gasteiger partial charge in [0.05, 0.1) is 24.3 Å². The van der Waals surface area contributed by atoms with Gasteiger partial charge in [0, 0.05) is 0 Å². The number of rotatable bonds is 11. The molecular formula is C23H34O4. The summed E-state index contributed by atoms with van der Waals surface area (Å²) >= 11 is 0. The minimum Gasteiger partial charge on any atom is -0.462 e. The number of hydrogen-bond acceptors (Lipinski definition) is 4. The lowest BCUT2D eigenvalue weighted by Crippen LogP contribution is -2.17. The van der Waals surface area contributed by atoms with Gasteiger partial charge in [-0.05, 0) is 49.4 Å². The molecule has 2 rings (SSSR count). The highest BCUT2D eigenvalue weighted by Gasteiger charge is 2.16. The number of esters is 2. The minimum atomic E-state index is -0.328. The Labute approximate surface area is 163 Å². The van der Waals surface area contributed by atoms with E-state index in [1.54, 1.807) is 24.3 Å². The van der Waals surface area contributed by atoms with Crippen molar-refractivity contribution in [3.63, 3.8) is 0 Å². The van der Waals surface area contributed by atoms with Crippen LogP contribution in [0, 0.1) is 5.92 Å². The van der Waals surface area contributed by atoms with Crippen LogP contribution in [0.2, 0.25) is 0 Å². The van der Waals surface area contributed by atoms with Crippen molar-refractivity contribution in [3.8, 4) is 0 Å². The SMILES string of the molecule is CCCCCCCCOC(=O)c1ccc(C(=O)OCC2CCCCC2)cc1. The molecule has 0 saturated heterocycles. The largest absolute Gasteiger partial charge is 0.462 e. The van der Waals surface area contributed by atoms with Gasteiger partial charge in [0.2, 0.25) is 0 Å². The second kappa shape index (κ2) is 12.5. The molecule has 0 heterocycles. The van der Waals surface area contributed by atoms with Gasteiger partial charge in [-0.1, -0.05) is 58.3 Å². The summed E-state index contributed by atoms with van der Waals surface area (Å²) in [5, 5.41) is 0. The summed E-state index contributed by atoms with van der Waals surface area (Å²) in [7, 11) is 0. The van der Waals surface area contributed by atoms with Gasteiger partial charge in [-0.2, -0.15) is 0 Å². The van der Waals surface area contributed by atoms with Gasteiger partial charge in [-0.3, -0.25) is 0 Å². The highest BCUT2D eigenvalue weighted by atomic mass is 16.5. The van der Waals surface area contributed by atoms with E-state index in [1.165, 1.54) is 44.9 Å². The average Bonchev–Trinajstić information content (AvgIpc) is 2.72. The second-order valence-electron chi connectivity index (χ2n) is 7.58. The van der Waals surface area contributed by atoms with Crippen LogP contribution in [0.15, 0.2) is 24.3 Å². The van der Waals surface area contributed by atoms with E-state index in [1.807, 2.05) is 0 Å². The molecule has 1 aromatic rings. The van der Waals surface area contributed by atoms with Crippen LogP contribution >= 0.6 is 0 Å². The molecule has 0 aromatic heterocycles. The van der Waals surface area contributed by atoms with Crippen molar-refractivity contribution in [1.29, 1.82) is 0 Å². The van der Waals surface area contributed by atoms with E-state index >= 15 is 0 Å². The summed E-state index contributed by atoms with van der Waals surface area (Å²) in [6.07, 6.45) is 13.0. The third kappa shape index (κ3) is 8.15. The van der Waals surface area contributed by atoms with E-state index < -0.39 is 0 Å². The van der Waals surface area contributed by atoms with Crippen LogP contribution in [0.4, 0.5) is 0 Å². The maximum atomic E-state index is 12.1. The normalized spacial score (nSPS) is 14.7. The number of benzene rings is 1. The molecule has 1 aliphatic carbocycles. The van der Waals surface area contributed by atoms with E-state index in [4.69, 9.17) is 9.47 Å². The van der Waals surface area contributed by atoms with E-state index in [9.17, 15) is 9.59 Å². The molecule has 1 saturated carbocycles. The zero-order valence-electron chi connectivity index (χ0n) is 16.7. The Balaban J connectivity index is 1.67. The summed E-state index contributed by atoms with van der Waals surface area (Å²) in [5.74, 6) is -0.142. The van der Waals surface area contributed by atoms with Gasteiger partial charge in [0.15, 0.2) is 0 Å². The molecule has 0 bridgehead atoms. The lowest BCUT2D eigenvalue weighted by Gasteiger charge is -2.21. The molecule has 1 fully saturated rings. The quantitative estimate of drug-likeness (QED) is 0.355. The topological polar surface area (TPSA) is 52.6 Å². The lowest BCUT2D eigenvalue weighted by atomic mass is 9.90. The molecule has 0 aliphatic heterocycles. The van der Waals surface area contributed by atoms with Gasteiger partial charge in [0.1, 0.15) is 0 Å². The van der Waals surface area contributed by atoms with Crippen molar-refractivity contribution in [1.82, 2.24) is 0 Å². The highest BCUT2D eigenvalue weighted by molar-refractivity contribution is 5.93. The van der Waals surface area contributed by atoms with Crippen molar-refractivity contribution in [2.45, 2.75) is 77.6 Å². The highest BCUT2D eigenvalue weighted by Crippen LogP contribution is 2.24. The number of ether oxygens (including phenoxy) is 2. The molecule has 0 atom stereocenters. The number of carbonyl (C=O) groups is 2. The van der Waals surface area contributed by atoms with Crippen molar-refractivity contribution >= 4 is 11.9 Å². The molecule has 0 amide bonds. The Bertz CT molecular complexity index is 558. The molecule has 4 heteroatoms. The van der Waals surface area contributed by atoms with Crippen molar-refractivity contribution < 1.29 is 19.1 Å². The predicted octanol–water partition coefficient (Wildman–Crippen LogP) is 5.94. The Morgan fingerprint density at radius 1 is 0.815 bits per heavy atom. The standard InChI is InChI=1S/C23H34O4/c1-2-3-4-5-6-10-17-26-22(24)20-13-15-21(16-14-20)23(25)27-18-19-11-8-7-9-12-19/h13-16,19H,2-12,17-18H2,1H3. The van der Waals surface area contributed by atoms with Crippen LogP contribution in [-0.4, -0.2) is 25.2 Å². The molecule has 0 spiro atoms. The van der Waals surface area contributed by atoms with Crippen LogP contribution in [-0.2, 0) is 9.47 Å². The second-order valence-corrected chi connectivity index (χ2v) is 7.58. The van der Waals surface area contributed by atoms with Crippen LogP contribution in [0.3, 0.4) is 0 Å². The fourth-order valence-corrected chi connectivity index (χ4v) is 3.50. The third-order valence-electron chi connectivity index (χ3n) is 5.26. The Morgan fingerprint density at radius 3 is 2.00 bits per heavy atom. The molecule has 0 radical (unpaired) electrons. The summed E-state index contributed by atoms with van der Waals surface area (Å²) < 4.78 is 10.7. The fraction of sp³-hybridized carbons (Fsp3) is 0.652. The van der Waals surface area contributed by atoms with Gasteiger partial charge in [-0.15, -0.1) is 0 Å². The summed E-state index contributed by atoms with van der Waals surface area (Å²) in [6, 6.07) is 6.57. The summed E-state index contributed by atoms with van der Waals surface area (Å²) in [4.78, 5) is 24.2. The van der Waals surface area contributed by atoms with Gasteiger partial charge in [-0.25, -0.2) is 9.59 Å². The van der Waals surface area contributed by atoms with E-state index in [2.05, 4.69) is 6.92 Å². The van der Waals surface area contributed by atoms with E-state index in [0.717, 1.165) is 25.7 Å². The zero-order chi connectivity index (χ0) is 19.3. The molecule has 1 aliphatic rings. The molecule has 4 nitrogen and oxygen atoms in total. The minimum absolute atomic E-state index is 0.312.